The van der Waals surface area contributed by atoms with Crippen LogP contribution in [-0.2, 0) is 30.3 Å². The van der Waals surface area contributed by atoms with E-state index in [-0.39, 0.29) is 43.9 Å². The van der Waals surface area contributed by atoms with Crippen LogP contribution < -0.4 is 10.6 Å². The molecule has 2 aromatic carbocycles. The summed E-state index contributed by atoms with van der Waals surface area (Å²) in [7, 11) is 0. The zero-order valence-corrected chi connectivity index (χ0v) is 24.9. The molecule has 1 fully saturated rings. The second-order valence-corrected chi connectivity index (χ2v) is 11.6. The fourth-order valence-electron chi connectivity index (χ4n) is 4.66. The van der Waals surface area contributed by atoms with E-state index in [0.717, 1.165) is 17.5 Å². The molecule has 0 saturated heterocycles. The van der Waals surface area contributed by atoms with E-state index in [1.54, 1.807) is 32.6 Å². The number of carbonyl (C=O) groups is 4. The van der Waals surface area contributed by atoms with Gasteiger partial charge in [0.05, 0.1) is 13.0 Å². The number of aryl methyl sites for hydroxylation is 1. The normalized spacial score (nSPS) is 17.5. The lowest BCUT2D eigenvalue weighted by Gasteiger charge is -2.35. The molecule has 0 aliphatic heterocycles. The van der Waals surface area contributed by atoms with E-state index in [1.165, 1.54) is 0 Å². The minimum Gasteiger partial charge on any atom is -0.466 e. The Morgan fingerprint density at radius 1 is 1.02 bits per heavy atom. The van der Waals surface area contributed by atoms with Gasteiger partial charge in [-0.15, -0.1) is 0 Å². The zero-order chi connectivity index (χ0) is 30.2. The molecule has 4 unspecified atom stereocenters. The smallest absolute Gasteiger partial charge is 0.408 e. The van der Waals surface area contributed by atoms with E-state index in [1.807, 2.05) is 68.4 Å². The molecule has 9 nitrogen and oxygen atoms in total. The lowest BCUT2D eigenvalue weighted by atomic mass is 9.99. The summed E-state index contributed by atoms with van der Waals surface area (Å²) >= 11 is 0. The van der Waals surface area contributed by atoms with Crippen LogP contribution in [0.15, 0.2) is 54.6 Å². The predicted octanol–water partition coefficient (Wildman–Crippen LogP) is 4.48. The molecule has 2 N–H and O–H groups in total. The molecule has 222 valence electrons. The summed E-state index contributed by atoms with van der Waals surface area (Å²) in [6.07, 6.45) is 0.266. The van der Waals surface area contributed by atoms with Gasteiger partial charge in [-0.25, -0.2) is 4.79 Å². The minimum absolute atomic E-state index is 0.0187. The Labute approximate surface area is 243 Å². The van der Waals surface area contributed by atoms with Gasteiger partial charge in [-0.1, -0.05) is 67.1 Å². The van der Waals surface area contributed by atoms with Crippen molar-refractivity contribution >= 4 is 23.9 Å². The largest absolute Gasteiger partial charge is 0.466 e. The average molecular weight is 566 g/mol. The van der Waals surface area contributed by atoms with Crippen molar-refractivity contribution in [2.75, 3.05) is 13.2 Å². The van der Waals surface area contributed by atoms with Gasteiger partial charge in [0.25, 0.3) is 0 Å². The van der Waals surface area contributed by atoms with Gasteiger partial charge >= 0.3 is 12.1 Å². The first kappa shape index (κ1) is 31.6. The Balaban J connectivity index is 1.97. The Morgan fingerprint density at radius 3 is 2.22 bits per heavy atom. The molecule has 0 radical (unpaired) electrons. The van der Waals surface area contributed by atoms with Gasteiger partial charge in [-0.05, 0) is 58.1 Å². The quantitative estimate of drug-likeness (QED) is 0.367. The maximum atomic E-state index is 14.4. The maximum absolute atomic E-state index is 14.4. The summed E-state index contributed by atoms with van der Waals surface area (Å²) in [6.45, 7) is 11.3. The van der Waals surface area contributed by atoms with Crippen LogP contribution in [0.1, 0.15) is 70.2 Å². The van der Waals surface area contributed by atoms with E-state index in [0.29, 0.717) is 5.56 Å². The van der Waals surface area contributed by atoms with Crippen LogP contribution in [0.25, 0.3) is 0 Å². The van der Waals surface area contributed by atoms with Gasteiger partial charge in [-0.2, -0.15) is 0 Å². The topological polar surface area (TPSA) is 114 Å². The van der Waals surface area contributed by atoms with Crippen molar-refractivity contribution < 1.29 is 28.7 Å². The standard InChI is InChI=1S/C32H43N3O6/c1-7-40-27(36)17-18-33-29(37)28(24-15-13-21(2)14-16-24)35(26-19-22(26)3)30(38)25(20-23-11-9-8-10-12-23)34-31(39)41-32(4,5)6/h8-16,22,25-26,28H,7,17-20H2,1-6H3,(H,33,37)(H,34,39). The second kappa shape index (κ2) is 14.1. The van der Waals surface area contributed by atoms with Gasteiger partial charge in [0.1, 0.15) is 17.7 Å². The minimum atomic E-state index is -0.972. The molecular formula is C32H43N3O6. The van der Waals surface area contributed by atoms with Crippen LogP contribution in [0, 0.1) is 12.8 Å². The summed E-state index contributed by atoms with van der Waals surface area (Å²) in [5.74, 6) is -1.01. The number of ether oxygens (including phenoxy) is 2. The predicted molar refractivity (Wildman–Crippen MR) is 156 cm³/mol. The third kappa shape index (κ3) is 9.62. The van der Waals surface area contributed by atoms with Gasteiger partial charge in [0, 0.05) is 19.0 Å². The van der Waals surface area contributed by atoms with E-state index in [9.17, 15) is 19.2 Å². The number of nitrogens with one attached hydrogen (secondary N) is 2. The van der Waals surface area contributed by atoms with Crippen LogP contribution >= 0.6 is 0 Å². The third-order valence-electron chi connectivity index (χ3n) is 6.80. The highest BCUT2D eigenvalue weighted by Crippen LogP contribution is 2.41. The summed E-state index contributed by atoms with van der Waals surface area (Å²) in [4.78, 5) is 54.6. The van der Waals surface area contributed by atoms with Crippen molar-refractivity contribution in [1.29, 1.82) is 0 Å². The molecule has 1 aliphatic rings. The number of alkyl carbamates (subject to hydrolysis) is 1. The molecule has 0 heterocycles. The van der Waals surface area contributed by atoms with Crippen LogP contribution in [0.5, 0.6) is 0 Å². The van der Waals surface area contributed by atoms with Gasteiger partial charge in [0.2, 0.25) is 11.8 Å². The number of amides is 3. The summed E-state index contributed by atoms with van der Waals surface area (Å²) in [5.41, 5.74) is 1.77. The fourth-order valence-corrected chi connectivity index (χ4v) is 4.66. The third-order valence-corrected chi connectivity index (χ3v) is 6.80. The van der Waals surface area contributed by atoms with Crippen LogP contribution in [0.4, 0.5) is 4.79 Å². The van der Waals surface area contributed by atoms with Gasteiger partial charge in [0.15, 0.2) is 0 Å². The highest BCUT2D eigenvalue weighted by atomic mass is 16.6. The summed E-state index contributed by atoms with van der Waals surface area (Å²) in [6, 6.07) is 14.8. The average Bonchev–Trinajstić information content (AvgIpc) is 3.62. The van der Waals surface area contributed by atoms with Crippen molar-refractivity contribution in [2.24, 2.45) is 5.92 Å². The number of hydrogen-bond acceptors (Lipinski definition) is 6. The SMILES string of the molecule is CCOC(=O)CCNC(=O)C(c1ccc(C)cc1)N(C(=O)C(Cc1ccccc1)NC(=O)OC(C)(C)C)C1CC1C. The lowest BCUT2D eigenvalue weighted by Crippen LogP contribution is -2.54. The van der Waals surface area contributed by atoms with Crippen LogP contribution in [0.3, 0.4) is 0 Å². The van der Waals surface area contributed by atoms with Crippen molar-refractivity contribution in [2.45, 2.75) is 84.5 Å². The fraction of sp³-hybridized carbons (Fsp3) is 0.500. The van der Waals surface area contributed by atoms with Gasteiger partial charge in [-0.3, -0.25) is 14.4 Å². The van der Waals surface area contributed by atoms with E-state index >= 15 is 0 Å². The van der Waals surface area contributed by atoms with E-state index in [4.69, 9.17) is 9.47 Å². The first-order valence-electron chi connectivity index (χ1n) is 14.2. The van der Waals surface area contributed by atoms with Crippen molar-refractivity contribution in [1.82, 2.24) is 15.5 Å². The Kier molecular flexibility index (Phi) is 10.9. The number of rotatable bonds is 12. The molecule has 1 saturated carbocycles. The van der Waals surface area contributed by atoms with E-state index < -0.39 is 35.7 Å². The number of nitrogens with zero attached hydrogens (tertiary/aromatic N) is 1. The maximum Gasteiger partial charge on any atom is 0.408 e. The highest BCUT2D eigenvalue weighted by Gasteiger charge is 2.48. The number of hydrogen-bond donors (Lipinski definition) is 2. The van der Waals surface area contributed by atoms with Crippen LogP contribution in [-0.4, -0.2) is 59.6 Å². The molecule has 0 aromatic heterocycles. The number of benzene rings is 2. The molecule has 3 amide bonds. The summed E-state index contributed by atoms with van der Waals surface area (Å²) in [5, 5.41) is 5.61. The molecule has 1 aliphatic carbocycles. The van der Waals surface area contributed by atoms with Crippen molar-refractivity contribution in [3.05, 3.63) is 71.3 Å². The molecule has 41 heavy (non-hydrogen) atoms. The molecule has 0 bridgehead atoms. The van der Waals surface area contributed by atoms with E-state index in [2.05, 4.69) is 10.6 Å². The lowest BCUT2D eigenvalue weighted by molar-refractivity contribution is -0.145. The first-order chi connectivity index (χ1) is 19.4. The summed E-state index contributed by atoms with van der Waals surface area (Å²) < 4.78 is 10.5. The van der Waals surface area contributed by atoms with Gasteiger partial charge < -0.3 is 25.0 Å². The molecule has 2 aromatic rings. The molecule has 9 heteroatoms. The zero-order valence-electron chi connectivity index (χ0n) is 24.9. The molecule has 4 atom stereocenters. The molecule has 0 spiro atoms. The molecular weight excluding hydrogens is 522 g/mol. The number of esters is 1. The molecule has 3 rings (SSSR count). The van der Waals surface area contributed by atoms with Crippen molar-refractivity contribution in [3.63, 3.8) is 0 Å². The first-order valence-corrected chi connectivity index (χ1v) is 14.2. The monoisotopic (exact) mass is 565 g/mol. The van der Waals surface area contributed by atoms with Crippen LogP contribution in [0.2, 0.25) is 0 Å². The number of carbonyl (C=O) groups excluding carboxylic acids is 4. The Bertz CT molecular complexity index is 1190. The second-order valence-electron chi connectivity index (χ2n) is 11.6. The van der Waals surface area contributed by atoms with Crippen molar-refractivity contribution in [3.8, 4) is 0 Å². The highest BCUT2D eigenvalue weighted by molar-refractivity contribution is 5.93. The Hall–Kier alpha value is -3.88. The Morgan fingerprint density at radius 2 is 1.66 bits per heavy atom.